The third kappa shape index (κ3) is 5.69. The van der Waals surface area contributed by atoms with Gasteiger partial charge in [-0.2, -0.15) is 10.2 Å². The molecule has 1 aliphatic rings. The number of carbonyl (C=O) groups is 1. The van der Waals surface area contributed by atoms with Gasteiger partial charge < -0.3 is 24.6 Å². The van der Waals surface area contributed by atoms with Crippen molar-refractivity contribution in [3.05, 3.63) is 35.4 Å². The van der Waals surface area contributed by atoms with Gasteiger partial charge in [0.25, 0.3) is 0 Å². The minimum Gasteiger partial charge on any atom is -0.477 e. The summed E-state index contributed by atoms with van der Waals surface area (Å²) in [6.07, 6.45) is 0.0345. The van der Waals surface area contributed by atoms with E-state index < -0.39 is 5.97 Å². The molecule has 1 aromatic carbocycles. The molecule has 1 aromatic heterocycles. The van der Waals surface area contributed by atoms with Crippen LogP contribution in [0.15, 0.2) is 24.3 Å². The minimum absolute atomic E-state index is 0.0461. The predicted octanol–water partition coefficient (Wildman–Crippen LogP) is 3.11. The number of carboxylic acid groups (broad SMARTS) is 1. The lowest BCUT2D eigenvalue weighted by Crippen LogP contribution is -2.26. The van der Waals surface area contributed by atoms with Crippen LogP contribution in [0.4, 0.5) is 5.82 Å². The van der Waals surface area contributed by atoms with E-state index in [0.29, 0.717) is 30.8 Å². The molecule has 9 heteroatoms. The van der Waals surface area contributed by atoms with Crippen molar-refractivity contribution < 1.29 is 24.1 Å². The lowest BCUT2D eigenvalue weighted by atomic mass is 10.1. The van der Waals surface area contributed by atoms with Gasteiger partial charge in [-0.25, -0.2) is 9.78 Å². The van der Waals surface area contributed by atoms with E-state index >= 15 is 0 Å². The van der Waals surface area contributed by atoms with Crippen LogP contribution in [0.25, 0.3) is 11.4 Å². The van der Waals surface area contributed by atoms with Gasteiger partial charge in [0.1, 0.15) is 11.9 Å². The number of aromatic nitrogens is 2. The Balaban J connectivity index is 1.88. The van der Waals surface area contributed by atoms with Crippen molar-refractivity contribution in [2.24, 2.45) is 0 Å². The topological polar surface area (TPSA) is 127 Å². The fourth-order valence-electron chi connectivity index (χ4n) is 3.13. The summed E-state index contributed by atoms with van der Waals surface area (Å²) in [7, 11) is 1.58. The van der Waals surface area contributed by atoms with E-state index in [-0.39, 0.29) is 40.9 Å². The fourth-order valence-corrected chi connectivity index (χ4v) is 3.13. The minimum atomic E-state index is -1.21. The van der Waals surface area contributed by atoms with Gasteiger partial charge in [-0.15, -0.1) is 0 Å². The summed E-state index contributed by atoms with van der Waals surface area (Å²) in [6, 6.07) is 8.84. The number of carboxylic acids is 1. The highest BCUT2D eigenvalue weighted by molar-refractivity contribution is 5.96. The zero-order valence-electron chi connectivity index (χ0n) is 18.0. The molecule has 9 nitrogen and oxygen atoms in total. The second-order valence-electron chi connectivity index (χ2n) is 8.18. The maximum Gasteiger partial charge on any atom is 0.345 e. The Morgan fingerprint density at radius 2 is 2.16 bits per heavy atom. The first-order valence-corrected chi connectivity index (χ1v) is 9.96. The van der Waals surface area contributed by atoms with Crippen molar-refractivity contribution in [3.8, 4) is 23.3 Å². The van der Waals surface area contributed by atoms with Gasteiger partial charge in [0.15, 0.2) is 11.4 Å². The molecule has 2 N–H and O–H groups in total. The molecule has 3 rings (SSSR count). The Labute approximate surface area is 181 Å². The lowest BCUT2D eigenvalue weighted by Gasteiger charge is -2.21. The molecule has 1 saturated heterocycles. The van der Waals surface area contributed by atoms with Gasteiger partial charge in [-0.05, 0) is 32.9 Å². The standard InChI is InChI=1S/C22H26N4O5/c1-22(2,3)30-12-15-9-16(11-29-15)31-20-17(21(27)28)19(24-4)25-18(26-20)14-7-5-6-13(8-14)10-23/h5-8,15-16H,9,11-12H2,1-4H3,(H,27,28)(H,24,25,26). The molecule has 0 radical (unpaired) electrons. The molecule has 164 valence electrons. The van der Waals surface area contributed by atoms with Crippen molar-refractivity contribution in [2.75, 3.05) is 25.6 Å². The van der Waals surface area contributed by atoms with Crippen LogP contribution >= 0.6 is 0 Å². The van der Waals surface area contributed by atoms with Crippen molar-refractivity contribution >= 4 is 11.8 Å². The Morgan fingerprint density at radius 3 is 2.81 bits per heavy atom. The average molecular weight is 426 g/mol. The number of hydrogen-bond acceptors (Lipinski definition) is 8. The molecular weight excluding hydrogens is 400 g/mol. The number of nitrogens with zero attached hydrogens (tertiary/aromatic N) is 3. The number of ether oxygens (including phenoxy) is 3. The molecule has 0 saturated carbocycles. The Kier molecular flexibility index (Phi) is 6.73. The van der Waals surface area contributed by atoms with Crippen LogP contribution in [0.5, 0.6) is 5.88 Å². The van der Waals surface area contributed by atoms with Crippen LogP contribution in [0.2, 0.25) is 0 Å². The summed E-state index contributed by atoms with van der Waals surface area (Å²) in [6.45, 7) is 6.64. The molecule has 2 aromatic rings. The summed E-state index contributed by atoms with van der Waals surface area (Å²) in [4.78, 5) is 20.6. The third-order valence-electron chi connectivity index (χ3n) is 4.60. The summed E-state index contributed by atoms with van der Waals surface area (Å²) < 4.78 is 17.5. The van der Waals surface area contributed by atoms with E-state index in [0.717, 1.165) is 0 Å². The van der Waals surface area contributed by atoms with Crippen molar-refractivity contribution in [1.29, 1.82) is 5.26 Å². The molecular formula is C22H26N4O5. The van der Waals surface area contributed by atoms with E-state index in [9.17, 15) is 9.90 Å². The fraction of sp³-hybridized carbons (Fsp3) is 0.455. The van der Waals surface area contributed by atoms with Crippen LogP contribution in [0.3, 0.4) is 0 Å². The highest BCUT2D eigenvalue weighted by atomic mass is 16.6. The van der Waals surface area contributed by atoms with Crippen molar-refractivity contribution in [3.63, 3.8) is 0 Å². The van der Waals surface area contributed by atoms with Gasteiger partial charge in [0, 0.05) is 19.0 Å². The van der Waals surface area contributed by atoms with Gasteiger partial charge in [-0.3, -0.25) is 0 Å². The van der Waals surface area contributed by atoms with Gasteiger partial charge >= 0.3 is 5.97 Å². The average Bonchev–Trinajstić information content (AvgIpc) is 3.18. The van der Waals surface area contributed by atoms with Gasteiger partial charge in [0.05, 0.1) is 36.6 Å². The van der Waals surface area contributed by atoms with E-state index in [1.54, 1.807) is 31.3 Å². The number of hydrogen-bond donors (Lipinski definition) is 2. The van der Waals surface area contributed by atoms with Crippen LogP contribution < -0.4 is 10.1 Å². The number of benzene rings is 1. The predicted molar refractivity (Wildman–Crippen MR) is 113 cm³/mol. The first-order valence-electron chi connectivity index (χ1n) is 9.96. The zero-order valence-corrected chi connectivity index (χ0v) is 18.0. The van der Waals surface area contributed by atoms with Crippen molar-refractivity contribution in [2.45, 2.75) is 45.0 Å². The molecule has 0 bridgehead atoms. The summed E-state index contributed by atoms with van der Waals surface area (Å²) in [5, 5.41) is 21.7. The molecule has 1 fully saturated rings. The van der Waals surface area contributed by atoms with E-state index in [4.69, 9.17) is 19.5 Å². The summed E-state index contributed by atoms with van der Waals surface area (Å²) >= 11 is 0. The summed E-state index contributed by atoms with van der Waals surface area (Å²) in [5.41, 5.74) is 0.594. The first kappa shape index (κ1) is 22.5. The smallest absolute Gasteiger partial charge is 0.345 e. The molecule has 2 heterocycles. The lowest BCUT2D eigenvalue weighted by molar-refractivity contribution is -0.0553. The van der Waals surface area contributed by atoms with Gasteiger partial charge in [-0.1, -0.05) is 12.1 Å². The van der Waals surface area contributed by atoms with Crippen LogP contribution in [0, 0.1) is 11.3 Å². The molecule has 2 atom stereocenters. The summed E-state index contributed by atoms with van der Waals surface area (Å²) in [5.74, 6) is -0.868. The molecule has 31 heavy (non-hydrogen) atoms. The number of aromatic carboxylic acids is 1. The van der Waals surface area contributed by atoms with Crippen LogP contribution in [-0.2, 0) is 9.47 Å². The maximum absolute atomic E-state index is 11.9. The number of nitriles is 1. The molecule has 0 amide bonds. The monoisotopic (exact) mass is 426 g/mol. The zero-order chi connectivity index (χ0) is 22.6. The molecule has 0 spiro atoms. The first-order chi connectivity index (χ1) is 14.7. The number of anilines is 1. The Bertz CT molecular complexity index is 996. The second kappa shape index (κ2) is 9.29. The second-order valence-corrected chi connectivity index (χ2v) is 8.18. The van der Waals surface area contributed by atoms with Crippen molar-refractivity contribution in [1.82, 2.24) is 9.97 Å². The third-order valence-corrected chi connectivity index (χ3v) is 4.60. The highest BCUT2D eigenvalue weighted by Gasteiger charge is 2.31. The molecule has 0 aliphatic carbocycles. The quantitative estimate of drug-likeness (QED) is 0.686. The van der Waals surface area contributed by atoms with E-state index in [1.165, 1.54) is 0 Å². The Hall–Kier alpha value is -3.22. The van der Waals surface area contributed by atoms with Crippen LogP contribution in [0.1, 0.15) is 43.1 Å². The van der Waals surface area contributed by atoms with E-state index in [2.05, 4.69) is 21.4 Å². The normalized spacial score (nSPS) is 18.4. The maximum atomic E-state index is 11.9. The SMILES string of the molecule is CNc1nc(-c2cccc(C#N)c2)nc(OC2COC(COC(C)(C)C)C2)c1C(=O)O. The highest BCUT2D eigenvalue weighted by Crippen LogP contribution is 2.30. The molecule has 1 aliphatic heterocycles. The number of rotatable bonds is 7. The Morgan fingerprint density at radius 1 is 1.39 bits per heavy atom. The van der Waals surface area contributed by atoms with Gasteiger partial charge in [0.2, 0.25) is 5.88 Å². The van der Waals surface area contributed by atoms with E-state index in [1.807, 2.05) is 20.8 Å². The largest absolute Gasteiger partial charge is 0.477 e. The molecule has 2 unspecified atom stereocenters. The number of nitrogens with one attached hydrogen (secondary N) is 1. The van der Waals surface area contributed by atoms with Crippen LogP contribution in [-0.4, -0.2) is 59.1 Å².